The molecule has 1 saturated carbocycles. The molecule has 3 heteroatoms. The van der Waals surface area contributed by atoms with Crippen LogP contribution in [0.1, 0.15) is 33.6 Å². The van der Waals surface area contributed by atoms with E-state index in [2.05, 4.69) is 25.8 Å². The molecule has 1 aliphatic carbocycles. The molecule has 88 valence electrons. The maximum absolute atomic E-state index is 11.4. The van der Waals surface area contributed by atoms with Gasteiger partial charge in [-0.25, -0.2) is 0 Å². The Morgan fingerprint density at radius 1 is 1.33 bits per heavy atom. The van der Waals surface area contributed by atoms with E-state index in [-0.39, 0.29) is 17.9 Å². The van der Waals surface area contributed by atoms with Crippen molar-refractivity contribution in [3.05, 3.63) is 0 Å². The van der Waals surface area contributed by atoms with Crippen molar-refractivity contribution in [3.63, 3.8) is 0 Å². The van der Waals surface area contributed by atoms with Gasteiger partial charge in [0.15, 0.2) is 0 Å². The molecule has 0 N–H and O–H groups in total. The molecule has 0 bridgehead atoms. The number of rotatable bonds is 5. The summed E-state index contributed by atoms with van der Waals surface area (Å²) in [7, 11) is 3.56. The lowest BCUT2D eigenvalue weighted by Crippen LogP contribution is -2.44. The lowest BCUT2D eigenvalue weighted by Gasteiger charge is -2.33. The standard InChI is InChI=1S/C12H23NO2/c1-8(12(14)15-5)9(2)13(4)10(3)11-6-7-11/h8-11H,6-7H2,1-5H3. The van der Waals surface area contributed by atoms with Crippen molar-refractivity contribution in [1.82, 2.24) is 4.90 Å². The number of nitrogens with zero attached hydrogens (tertiary/aromatic N) is 1. The topological polar surface area (TPSA) is 29.5 Å². The van der Waals surface area contributed by atoms with Gasteiger partial charge in [-0.15, -0.1) is 0 Å². The van der Waals surface area contributed by atoms with Crippen molar-refractivity contribution in [2.24, 2.45) is 11.8 Å². The molecular formula is C12H23NO2. The highest BCUT2D eigenvalue weighted by molar-refractivity contribution is 5.72. The maximum atomic E-state index is 11.4. The third-order valence-electron chi connectivity index (χ3n) is 3.89. The quantitative estimate of drug-likeness (QED) is 0.653. The Bertz CT molecular complexity index is 226. The molecule has 0 spiro atoms. The fraction of sp³-hybridized carbons (Fsp3) is 0.917. The van der Waals surface area contributed by atoms with Crippen LogP contribution in [0.4, 0.5) is 0 Å². The second kappa shape index (κ2) is 4.97. The molecule has 3 nitrogen and oxygen atoms in total. The molecule has 3 unspecified atom stereocenters. The molecule has 0 aromatic rings. The second-order valence-electron chi connectivity index (χ2n) is 4.80. The first-order valence-corrected chi connectivity index (χ1v) is 5.78. The lowest BCUT2D eigenvalue weighted by atomic mass is 10.0. The van der Waals surface area contributed by atoms with Crippen LogP contribution in [0.2, 0.25) is 0 Å². The van der Waals surface area contributed by atoms with E-state index in [1.165, 1.54) is 20.0 Å². The molecule has 0 heterocycles. The van der Waals surface area contributed by atoms with Gasteiger partial charge in [0.2, 0.25) is 0 Å². The maximum Gasteiger partial charge on any atom is 0.309 e. The van der Waals surface area contributed by atoms with Gasteiger partial charge >= 0.3 is 5.97 Å². The van der Waals surface area contributed by atoms with Crippen LogP contribution in [-0.4, -0.2) is 37.1 Å². The average molecular weight is 213 g/mol. The summed E-state index contributed by atoms with van der Waals surface area (Å²) in [6.07, 6.45) is 2.68. The smallest absolute Gasteiger partial charge is 0.309 e. The predicted octanol–water partition coefficient (Wildman–Crippen LogP) is 1.91. The molecule has 3 atom stereocenters. The van der Waals surface area contributed by atoms with Gasteiger partial charge in [0.1, 0.15) is 0 Å². The van der Waals surface area contributed by atoms with Crippen LogP contribution < -0.4 is 0 Å². The first-order chi connectivity index (χ1) is 6.99. The highest BCUT2D eigenvalue weighted by Gasteiger charge is 2.34. The van der Waals surface area contributed by atoms with Crippen LogP contribution >= 0.6 is 0 Å². The number of carbonyl (C=O) groups excluding carboxylic acids is 1. The van der Waals surface area contributed by atoms with Gasteiger partial charge in [-0.1, -0.05) is 6.92 Å². The third-order valence-corrected chi connectivity index (χ3v) is 3.89. The molecular weight excluding hydrogens is 190 g/mol. The minimum atomic E-state index is -0.114. The van der Waals surface area contributed by atoms with E-state index in [0.717, 1.165) is 5.92 Å². The van der Waals surface area contributed by atoms with Crippen molar-refractivity contribution in [2.75, 3.05) is 14.2 Å². The molecule has 0 radical (unpaired) electrons. The number of hydrogen-bond acceptors (Lipinski definition) is 3. The van der Waals surface area contributed by atoms with Gasteiger partial charge in [-0.05, 0) is 39.7 Å². The summed E-state index contributed by atoms with van der Waals surface area (Å²) in [5, 5.41) is 0. The van der Waals surface area contributed by atoms with Crippen molar-refractivity contribution < 1.29 is 9.53 Å². The molecule has 0 aliphatic heterocycles. The number of hydrogen-bond donors (Lipinski definition) is 0. The summed E-state index contributed by atoms with van der Waals surface area (Å²) >= 11 is 0. The molecule has 1 aliphatic rings. The molecule has 15 heavy (non-hydrogen) atoms. The highest BCUT2D eigenvalue weighted by Crippen LogP contribution is 2.35. The summed E-state index contributed by atoms with van der Waals surface area (Å²) in [6, 6.07) is 0.820. The first kappa shape index (κ1) is 12.5. The summed E-state index contributed by atoms with van der Waals surface area (Å²) in [4.78, 5) is 13.7. The molecule has 0 aromatic carbocycles. The van der Waals surface area contributed by atoms with E-state index in [1.807, 2.05) is 6.92 Å². The summed E-state index contributed by atoms with van der Waals surface area (Å²) in [5.41, 5.74) is 0. The van der Waals surface area contributed by atoms with Gasteiger partial charge in [0, 0.05) is 12.1 Å². The van der Waals surface area contributed by atoms with E-state index < -0.39 is 0 Å². The zero-order chi connectivity index (χ0) is 11.6. The van der Waals surface area contributed by atoms with Crippen molar-refractivity contribution in [1.29, 1.82) is 0 Å². The van der Waals surface area contributed by atoms with E-state index in [9.17, 15) is 4.79 Å². The van der Waals surface area contributed by atoms with Gasteiger partial charge in [0.05, 0.1) is 13.0 Å². The second-order valence-corrected chi connectivity index (χ2v) is 4.80. The fourth-order valence-corrected chi connectivity index (χ4v) is 2.02. The zero-order valence-electron chi connectivity index (χ0n) is 10.5. The Kier molecular flexibility index (Phi) is 4.14. The minimum absolute atomic E-state index is 0.0544. The Morgan fingerprint density at radius 3 is 2.27 bits per heavy atom. The monoisotopic (exact) mass is 213 g/mol. The van der Waals surface area contributed by atoms with Crippen LogP contribution in [-0.2, 0) is 9.53 Å². The summed E-state index contributed by atoms with van der Waals surface area (Å²) in [5.74, 6) is 0.667. The van der Waals surface area contributed by atoms with Crippen molar-refractivity contribution in [2.45, 2.75) is 45.7 Å². The van der Waals surface area contributed by atoms with Crippen molar-refractivity contribution >= 4 is 5.97 Å². The SMILES string of the molecule is COC(=O)C(C)C(C)N(C)C(C)C1CC1. The molecule has 0 saturated heterocycles. The summed E-state index contributed by atoms with van der Waals surface area (Å²) < 4.78 is 4.77. The van der Waals surface area contributed by atoms with E-state index in [4.69, 9.17) is 4.74 Å². The molecule has 1 rings (SSSR count). The Hall–Kier alpha value is -0.570. The fourth-order valence-electron chi connectivity index (χ4n) is 2.02. The average Bonchev–Trinajstić information content (AvgIpc) is 3.07. The van der Waals surface area contributed by atoms with Gasteiger partial charge < -0.3 is 4.74 Å². The highest BCUT2D eigenvalue weighted by atomic mass is 16.5. The number of methoxy groups -OCH3 is 1. The Labute approximate surface area is 92.8 Å². The molecule has 0 aromatic heterocycles. The van der Waals surface area contributed by atoms with Gasteiger partial charge in [0.25, 0.3) is 0 Å². The van der Waals surface area contributed by atoms with Crippen molar-refractivity contribution in [3.8, 4) is 0 Å². The van der Waals surface area contributed by atoms with E-state index in [1.54, 1.807) is 0 Å². The number of ether oxygens (including phenoxy) is 1. The normalized spacial score (nSPS) is 22.3. The van der Waals surface area contributed by atoms with Crippen LogP contribution in [0, 0.1) is 11.8 Å². The Balaban J connectivity index is 2.50. The number of esters is 1. The third kappa shape index (κ3) is 2.94. The van der Waals surface area contributed by atoms with E-state index in [0.29, 0.717) is 6.04 Å². The van der Waals surface area contributed by atoms with Crippen LogP contribution in [0.25, 0.3) is 0 Å². The zero-order valence-corrected chi connectivity index (χ0v) is 10.5. The molecule has 1 fully saturated rings. The molecule has 0 amide bonds. The minimum Gasteiger partial charge on any atom is -0.469 e. The van der Waals surface area contributed by atoms with Crippen LogP contribution in [0.15, 0.2) is 0 Å². The summed E-state index contributed by atoms with van der Waals surface area (Å²) in [6.45, 7) is 6.28. The van der Waals surface area contributed by atoms with Gasteiger partial charge in [-0.3, -0.25) is 9.69 Å². The van der Waals surface area contributed by atoms with Crippen LogP contribution in [0.5, 0.6) is 0 Å². The largest absolute Gasteiger partial charge is 0.469 e. The Morgan fingerprint density at radius 2 is 1.87 bits per heavy atom. The van der Waals surface area contributed by atoms with Crippen LogP contribution in [0.3, 0.4) is 0 Å². The predicted molar refractivity (Wildman–Crippen MR) is 60.6 cm³/mol. The van der Waals surface area contributed by atoms with E-state index >= 15 is 0 Å². The first-order valence-electron chi connectivity index (χ1n) is 5.78. The number of carbonyl (C=O) groups is 1. The van der Waals surface area contributed by atoms with Gasteiger partial charge in [-0.2, -0.15) is 0 Å². The lowest BCUT2D eigenvalue weighted by molar-refractivity contribution is -0.147.